The molecular formula is C17H20N2O3S. The molecular weight excluding hydrogens is 312 g/mol. The summed E-state index contributed by atoms with van der Waals surface area (Å²) in [5.74, 6) is -0.0884. The molecule has 0 heterocycles. The number of hydrogen-bond acceptors (Lipinski definition) is 3. The van der Waals surface area contributed by atoms with Crippen LogP contribution in [0.1, 0.15) is 27.9 Å². The largest absolute Gasteiger partial charge is 0.352 e. The lowest BCUT2D eigenvalue weighted by atomic mass is 10.1. The number of rotatable bonds is 6. The van der Waals surface area contributed by atoms with E-state index in [2.05, 4.69) is 5.32 Å². The lowest BCUT2D eigenvalue weighted by molar-refractivity contribution is 0.0953. The number of carbonyl (C=O) groups excluding carboxylic acids is 1. The first-order chi connectivity index (χ1) is 10.9. The SMILES string of the molecule is Cc1ccc(C(=O)NCCCc2ccc(S(N)(=O)=O)cc2)cc1. The normalized spacial score (nSPS) is 11.2. The molecule has 0 aliphatic rings. The van der Waals surface area contributed by atoms with E-state index in [1.165, 1.54) is 12.1 Å². The quantitative estimate of drug-likeness (QED) is 0.793. The van der Waals surface area contributed by atoms with E-state index in [1.807, 2.05) is 19.1 Å². The van der Waals surface area contributed by atoms with E-state index < -0.39 is 10.0 Å². The van der Waals surface area contributed by atoms with E-state index in [9.17, 15) is 13.2 Å². The molecule has 0 aliphatic heterocycles. The average molecular weight is 332 g/mol. The Hall–Kier alpha value is -2.18. The summed E-state index contributed by atoms with van der Waals surface area (Å²) >= 11 is 0. The van der Waals surface area contributed by atoms with Crippen molar-refractivity contribution in [1.29, 1.82) is 0 Å². The monoisotopic (exact) mass is 332 g/mol. The van der Waals surface area contributed by atoms with Crippen molar-refractivity contribution in [1.82, 2.24) is 5.32 Å². The van der Waals surface area contributed by atoms with Gasteiger partial charge in [0.1, 0.15) is 0 Å². The maximum Gasteiger partial charge on any atom is 0.251 e. The summed E-state index contributed by atoms with van der Waals surface area (Å²) in [4.78, 5) is 12.0. The molecule has 0 unspecified atom stereocenters. The zero-order valence-electron chi connectivity index (χ0n) is 13.0. The minimum Gasteiger partial charge on any atom is -0.352 e. The minimum absolute atomic E-state index is 0.0884. The van der Waals surface area contributed by atoms with Crippen LogP contribution < -0.4 is 10.5 Å². The number of sulfonamides is 1. The van der Waals surface area contributed by atoms with Gasteiger partial charge in [-0.1, -0.05) is 29.8 Å². The van der Waals surface area contributed by atoms with E-state index >= 15 is 0 Å². The number of benzene rings is 2. The van der Waals surface area contributed by atoms with Gasteiger partial charge in [-0.25, -0.2) is 13.6 Å². The number of hydrogen-bond donors (Lipinski definition) is 2. The molecule has 0 bridgehead atoms. The molecule has 2 aromatic carbocycles. The van der Waals surface area contributed by atoms with E-state index in [4.69, 9.17) is 5.14 Å². The van der Waals surface area contributed by atoms with Gasteiger partial charge in [-0.15, -0.1) is 0 Å². The molecule has 1 amide bonds. The summed E-state index contributed by atoms with van der Waals surface area (Å²) in [5, 5.41) is 7.92. The maximum absolute atomic E-state index is 11.9. The van der Waals surface area contributed by atoms with Crippen molar-refractivity contribution in [3.8, 4) is 0 Å². The van der Waals surface area contributed by atoms with Crippen molar-refractivity contribution < 1.29 is 13.2 Å². The number of primary sulfonamides is 1. The first kappa shape index (κ1) is 17.2. The van der Waals surface area contributed by atoms with Crippen molar-refractivity contribution in [3.05, 3.63) is 65.2 Å². The second-order valence-corrected chi connectivity index (χ2v) is 6.98. The van der Waals surface area contributed by atoms with Crippen LogP contribution in [0.15, 0.2) is 53.4 Å². The molecule has 3 N–H and O–H groups in total. The highest BCUT2D eigenvalue weighted by Gasteiger charge is 2.07. The van der Waals surface area contributed by atoms with Crippen LogP contribution in [-0.2, 0) is 16.4 Å². The number of aryl methyl sites for hydroxylation is 2. The number of amides is 1. The fourth-order valence-corrected chi connectivity index (χ4v) is 2.66. The molecule has 2 rings (SSSR count). The highest BCUT2D eigenvalue weighted by Crippen LogP contribution is 2.10. The second kappa shape index (κ2) is 7.39. The molecule has 0 aliphatic carbocycles. The highest BCUT2D eigenvalue weighted by molar-refractivity contribution is 7.89. The predicted molar refractivity (Wildman–Crippen MR) is 89.6 cm³/mol. The van der Waals surface area contributed by atoms with Gasteiger partial charge < -0.3 is 5.32 Å². The van der Waals surface area contributed by atoms with Crippen LogP contribution in [-0.4, -0.2) is 20.9 Å². The Balaban J connectivity index is 1.79. The Morgan fingerprint density at radius 3 is 2.22 bits per heavy atom. The van der Waals surface area contributed by atoms with Gasteiger partial charge >= 0.3 is 0 Å². The summed E-state index contributed by atoms with van der Waals surface area (Å²) in [7, 11) is -3.65. The zero-order valence-corrected chi connectivity index (χ0v) is 13.8. The first-order valence-electron chi connectivity index (χ1n) is 7.33. The summed E-state index contributed by atoms with van der Waals surface area (Å²) < 4.78 is 22.3. The minimum atomic E-state index is -3.65. The third kappa shape index (κ3) is 5.19. The number of carbonyl (C=O) groups is 1. The fourth-order valence-electron chi connectivity index (χ4n) is 2.15. The molecule has 23 heavy (non-hydrogen) atoms. The van der Waals surface area contributed by atoms with Crippen LogP contribution in [0.2, 0.25) is 0 Å². The summed E-state index contributed by atoms with van der Waals surface area (Å²) in [6.45, 7) is 2.53. The van der Waals surface area contributed by atoms with Crippen molar-refractivity contribution >= 4 is 15.9 Å². The van der Waals surface area contributed by atoms with Crippen molar-refractivity contribution in [3.63, 3.8) is 0 Å². The Kier molecular flexibility index (Phi) is 5.52. The van der Waals surface area contributed by atoms with Crippen molar-refractivity contribution in [2.45, 2.75) is 24.7 Å². The topological polar surface area (TPSA) is 89.3 Å². The Bertz CT molecular complexity index is 766. The molecule has 0 saturated heterocycles. The van der Waals surface area contributed by atoms with Gasteiger partial charge in [-0.05, 0) is 49.6 Å². The van der Waals surface area contributed by atoms with Gasteiger partial charge in [-0.2, -0.15) is 0 Å². The molecule has 5 nitrogen and oxygen atoms in total. The van der Waals surface area contributed by atoms with Crippen LogP contribution in [0.3, 0.4) is 0 Å². The smallest absolute Gasteiger partial charge is 0.251 e. The Morgan fingerprint density at radius 1 is 1.04 bits per heavy atom. The molecule has 2 aromatic rings. The number of nitrogens with two attached hydrogens (primary N) is 1. The van der Waals surface area contributed by atoms with E-state index in [1.54, 1.807) is 24.3 Å². The summed E-state index contributed by atoms with van der Waals surface area (Å²) in [6.07, 6.45) is 1.52. The Morgan fingerprint density at radius 2 is 1.65 bits per heavy atom. The summed E-state index contributed by atoms with van der Waals surface area (Å²) in [5.41, 5.74) is 2.76. The van der Waals surface area contributed by atoms with Gasteiger partial charge in [0, 0.05) is 12.1 Å². The van der Waals surface area contributed by atoms with Crippen LogP contribution in [0.5, 0.6) is 0 Å². The standard InChI is InChI=1S/C17H20N2O3S/c1-13-4-8-15(9-5-13)17(20)19-12-2-3-14-6-10-16(11-7-14)23(18,21)22/h4-11H,2-3,12H2,1H3,(H,19,20)(H2,18,21,22). The van der Waals surface area contributed by atoms with Crippen LogP contribution in [0.4, 0.5) is 0 Å². The predicted octanol–water partition coefficient (Wildman–Crippen LogP) is 2.01. The molecule has 0 atom stereocenters. The van der Waals surface area contributed by atoms with Crippen LogP contribution in [0, 0.1) is 6.92 Å². The third-order valence-electron chi connectivity index (χ3n) is 3.49. The molecule has 0 aromatic heterocycles. The maximum atomic E-state index is 11.9. The molecule has 0 radical (unpaired) electrons. The van der Waals surface area contributed by atoms with Gasteiger partial charge in [0.25, 0.3) is 5.91 Å². The molecule has 122 valence electrons. The van der Waals surface area contributed by atoms with Gasteiger partial charge in [-0.3, -0.25) is 4.79 Å². The Labute approximate surface area is 136 Å². The fraction of sp³-hybridized carbons (Fsp3) is 0.235. The average Bonchev–Trinajstić information content (AvgIpc) is 2.51. The lowest BCUT2D eigenvalue weighted by Gasteiger charge is -2.06. The molecule has 0 saturated carbocycles. The van der Waals surface area contributed by atoms with Gasteiger partial charge in [0.2, 0.25) is 10.0 Å². The summed E-state index contributed by atoms with van der Waals surface area (Å²) in [6, 6.07) is 13.9. The van der Waals surface area contributed by atoms with E-state index in [-0.39, 0.29) is 10.8 Å². The van der Waals surface area contributed by atoms with Crippen LogP contribution in [0.25, 0.3) is 0 Å². The van der Waals surface area contributed by atoms with Gasteiger partial charge in [0.05, 0.1) is 4.90 Å². The van der Waals surface area contributed by atoms with Crippen molar-refractivity contribution in [2.24, 2.45) is 5.14 Å². The molecule has 0 spiro atoms. The third-order valence-corrected chi connectivity index (χ3v) is 4.42. The molecule has 0 fully saturated rings. The first-order valence-corrected chi connectivity index (χ1v) is 8.87. The second-order valence-electron chi connectivity index (χ2n) is 5.41. The molecule has 6 heteroatoms. The van der Waals surface area contributed by atoms with Crippen LogP contribution >= 0.6 is 0 Å². The van der Waals surface area contributed by atoms with Gasteiger partial charge in [0.15, 0.2) is 0 Å². The highest BCUT2D eigenvalue weighted by atomic mass is 32.2. The van der Waals surface area contributed by atoms with E-state index in [0.29, 0.717) is 12.1 Å². The zero-order chi connectivity index (χ0) is 16.9. The van der Waals surface area contributed by atoms with E-state index in [0.717, 1.165) is 24.0 Å². The number of nitrogens with one attached hydrogen (secondary N) is 1. The van der Waals surface area contributed by atoms with Crippen molar-refractivity contribution in [2.75, 3.05) is 6.54 Å². The lowest BCUT2D eigenvalue weighted by Crippen LogP contribution is -2.24.